The van der Waals surface area contributed by atoms with Crippen LogP contribution in [0, 0.1) is 107 Å². The van der Waals surface area contributed by atoms with Crippen molar-refractivity contribution in [1.82, 2.24) is 0 Å². The van der Waals surface area contributed by atoms with E-state index in [1.54, 1.807) is 0 Å². The molecule has 15 valence electrons. The maximum Gasteiger partial charge on any atom is 0 e. The summed E-state index contributed by atoms with van der Waals surface area (Å²) < 4.78 is 0. The number of rotatable bonds is 0. The normalized spacial score (nSPS) is 0. The molecule has 0 atom stereocenters. The molecule has 5 heavy (non-hydrogen) atoms. The fourth-order valence-electron chi connectivity index (χ4n) is 0. The van der Waals surface area contributed by atoms with Crippen molar-refractivity contribution in [2.24, 2.45) is 0 Å². The van der Waals surface area contributed by atoms with Crippen molar-refractivity contribution in [3.05, 3.63) is 0 Å². The first-order valence-electron chi connectivity index (χ1n) is 0. The summed E-state index contributed by atoms with van der Waals surface area (Å²) in [5.41, 5.74) is 0. The van der Waals surface area contributed by atoms with Crippen molar-refractivity contribution < 1.29 is 107 Å². The Hall–Kier alpha value is 4.65. The van der Waals surface area contributed by atoms with Crippen LogP contribution in [0.25, 0.3) is 0 Å². The smallest absolute Gasteiger partial charge is 0 e. The van der Waals surface area contributed by atoms with E-state index in [-0.39, 0.29) is 142 Å². The van der Waals surface area contributed by atoms with E-state index in [9.17, 15) is 0 Å². The van der Waals surface area contributed by atoms with Gasteiger partial charge < -0.3 is 0 Å². The Labute approximate surface area is 137 Å². The van der Waals surface area contributed by atoms with Gasteiger partial charge in [0.1, 0.15) is 0 Å². The number of hydrogen-bond acceptors (Lipinski definition) is 0. The second-order valence-electron chi connectivity index (χ2n) is 0. The quantitative estimate of drug-likeness (QED) is 0.409. The molecular formula is Al2La3. The van der Waals surface area contributed by atoms with Gasteiger partial charge in [-0.15, -0.1) is 0 Å². The predicted octanol–water partition coefficient (Wildman–Crippen LogP) is -0.762. The monoisotopic (exact) mass is 471 g/mol. The molecule has 0 aromatic rings. The molecule has 0 unspecified atom stereocenters. The molecule has 0 aromatic carbocycles. The van der Waals surface area contributed by atoms with Gasteiger partial charge >= 0.3 is 0 Å². The molecular weight excluding hydrogens is 471 g/mol. The molecule has 0 amide bonds. The van der Waals surface area contributed by atoms with E-state index in [0.29, 0.717) is 0 Å². The first-order chi connectivity index (χ1) is 0. The van der Waals surface area contributed by atoms with Gasteiger partial charge in [0.05, 0.1) is 0 Å². The van der Waals surface area contributed by atoms with E-state index in [0.717, 1.165) is 0 Å². The molecule has 0 aromatic heterocycles. The van der Waals surface area contributed by atoms with Gasteiger partial charge in [-0.05, 0) is 0 Å². The first-order valence-corrected chi connectivity index (χ1v) is 0. The molecule has 0 N–H and O–H groups in total. The summed E-state index contributed by atoms with van der Waals surface area (Å²) in [5, 5.41) is 0. The molecule has 0 bridgehead atoms. The van der Waals surface area contributed by atoms with Crippen molar-refractivity contribution in [3.63, 3.8) is 0 Å². The van der Waals surface area contributed by atoms with Crippen LogP contribution < -0.4 is 0 Å². The molecule has 0 aliphatic carbocycles. The summed E-state index contributed by atoms with van der Waals surface area (Å²) in [6.07, 6.45) is 0. The molecule has 5 heteroatoms. The van der Waals surface area contributed by atoms with Crippen LogP contribution in [0.3, 0.4) is 0 Å². The average Bonchev–Trinajstić information content (AvgIpc) is 0. The third-order valence-electron chi connectivity index (χ3n) is 0. The fourth-order valence-corrected chi connectivity index (χ4v) is 0. The molecule has 0 saturated carbocycles. The Morgan fingerprint density at radius 2 is 0.400 bits per heavy atom. The third kappa shape index (κ3) is 17.7. The van der Waals surface area contributed by atoms with E-state index in [1.165, 1.54) is 0 Å². The van der Waals surface area contributed by atoms with Crippen LogP contribution in [0.2, 0.25) is 0 Å². The van der Waals surface area contributed by atoms with Gasteiger partial charge in [0, 0.05) is 142 Å². The molecule has 0 spiro atoms. The van der Waals surface area contributed by atoms with Crippen LogP contribution in [0.4, 0.5) is 0 Å². The van der Waals surface area contributed by atoms with E-state index in [2.05, 4.69) is 0 Å². The Bertz CT molecular complexity index is 4.85. The average molecular weight is 471 g/mol. The van der Waals surface area contributed by atoms with Crippen LogP contribution in [0.15, 0.2) is 0 Å². The van der Waals surface area contributed by atoms with Gasteiger partial charge in [-0.3, -0.25) is 0 Å². The predicted molar refractivity (Wildman–Crippen MR) is 11.5 cm³/mol. The maximum absolute atomic E-state index is 0. The first kappa shape index (κ1) is 33.4. The zero-order valence-corrected chi connectivity index (χ0v) is 16.1. The molecule has 0 aliphatic rings. The zero-order valence-electron chi connectivity index (χ0n) is 2.89. The zero-order chi connectivity index (χ0) is 0. The van der Waals surface area contributed by atoms with E-state index in [4.69, 9.17) is 0 Å². The van der Waals surface area contributed by atoms with E-state index in [1.807, 2.05) is 0 Å². The van der Waals surface area contributed by atoms with Gasteiger partial charge in [-0.1, -0.05) is 0 Å². The summed E-state index contributed by atoms with van der Waals surface area (Å²) >= 11 is 0. The fraction of sp³-hybridized carbons (Fsp3) is 0. The molecule has 0 nitrogen and oxygen atoms in total. The van der Waals surface area contributed by atoms with Crippen molar-refractivity contribution in [3.8, 4) is 0 Å². The van der Waals surface area contributed by atoms with Crippen molar-refractivity contribution >= 4 is 34.7 Å². The minimum absolute atomic E-state index is 0. The van der Waals surface area contributed by atoms with Crippen LogP contribution in [0.1, 0.15) is 0 Å². The van der Waals surface area contributed by atoms with Crippen LogP contribution >= 0.6 is 0 Å². The minimum Gasteiger partial charge on any atom is 0 e. The Balaban J connectivity index is 0. The van der Waals surface area contributed by atoms with E-state index >= 15 is 0 Å². The Morgan fingerprint density at radius 1 is 0.400 bits per heavy atom. The SMILES string of the molecule is [Al].[Al].[La].[La].[La]. The van der Waals surface area contributed by atoms with E-state index < -0.39 is 0 Å². The summed E-state index contributed by atoms with van der Waals surface area (Å²) in [7, 11) is 0. The van der Waals surface area contributed by atoms with Crippen LogP contribution in [-0.4, -0.2) is 34.7 Å². The molecule has 0 heterocycles. The second-order valence-corrected chi connectivity index (χ2v) is 0. The standard InChI is InChI=1S/2Al.3La. The molecule has 0 rings (SSSR count). The maximum atomic E-state index is 0. The van der Waals surface area contributed by atoms with Gasteiger partial charge in [0.15, 0.2) is 0 Å². The van der Waals surface area contributed by atoms with Gasteiger partial charge in [0.25, 0.3) is 0 Å². The summed E-state index contributed by atoms with van der Waals surface area (Å²) in [6, 6.07) is 0. The molecule has 0 fully saturated rings. The summed E-state index contributed by atoms with van der Waals surface area (Å²) in [5.74, 6) is 0. The van der Waals surface area contributed by atoms with Crippen LogP contribution in [-0.2, 0) is 0 Å². The Kier molecular flexibility index (Phi) is 156. The van der Waals surface area contributed by atoms with Crippen molar-refractivity contribution in [1.29, 1.82) is 0 Å². The third-order valence-corrected chi connectivity index (χ3v) is 0. The summed E-state index contributed by atoms with van der Waals surface area (Å²) in [4.78, 5) is 0. The van der Waals surface area contributed by atoms with Gasteiger partial charge in [-0.25, -0.2) is 0 Å². The number of hydrogen-bond donors (Lipinski definition) is 0. The summed E-state index contributed by atoms with van der Waals surface area (Å²) in [6.45, 7) is 0. The van der Waals surface area contributed by atoms with Gasteiger partial charge in [-0.2, -0.15) is 0 Å². The largest absolute Gasteiger partial charge is 0 e. The molecule has 0 saturated heterocycles. The molecule has 0 aliphatic heterocycles. The second kappa shape index (κ2) is 23.4. The van der Waals surface area contributed by atoms with Crippen LogP contribution in [0.5, 0.6) is 0 Å². The van der Waals surface area contributed by atoms with Gasteiger partial charge in [0.2, 0.25) is 0 Å². The van der Waals surface area contributed by atoms with Crippen molar-refractivity contribution in [2.75, 3.05) is 0 Å². The molecule has 9 radical (unpaired) electrons. The topological polar surface area (TPSA) is 0 Å². The Morgan fingerprint density at radius 3 is 0.400 bits per heavy atom. The van der Waals surface area contributed by atoms with Crippen molar-refractivity contribution in [2.45, 2.75) is 0 Å². The minimum atomic E-state index is 0.